The van der Waals surface area contributed by atoms with Crippen molar-refractivity contribution in [1.82, 2.24) is 10.2 Å². The van der Waals surface area contributed by atoms with Crippen LogP contribution in [0.25, 0.3) is 0 Å². The Morgan fingerprint density at radius 3 is 2.75 bits per heavy atom. The fourth-order valence-corrected chi connectivity index (χ4v) is 2.36. The lowest BCUT2D eigenvalue weighted by atomic mass is 10.1. The summed E-state index contributed by atoms with van der Waals surface area (Å²) in [4.78, 5) is 14.2. The summed E-state index contributed by atoms with van der Waals surface area (Å²) in [6.07, 6.45) is 0. The third-order valence-corrected chi connectivity index (χ3v) is 3.89. The first-order valence-electron chi connectivity index (χ1n) is 7.28. The Bertz CT molecular complexity index is 468. The van der Waals surface area contributed by atoms with Gasteiger partial charge in [-0.1, -0.05) is 19.1 Å². The maximum Gasteiger partial charge on any atom is 0.228 e. The van der Waals surface area contributed by atoms with Crippen LogP contribution in [0.15, 0.2) is 18.2 Å². The smallest absolute Gasteiger partial charge is 0.228 e. The summed E-state index contributed by atoms with van der Waals surface area (Å²) in [5.74, 6) is 0.967. The van der Waals surface area contributed by atoms with Crippen LogP contribution in [0.4, 0.5) is 0 Å². The molecule has 1 heterocycles. The van der Waals surface area contributed by atoms with Crippen molar-refractivity contribution in [2.75, 3.05) is 32.8 Å². The van der Waals surface area contributed by atoms with Crippen molar-refractivity contribution < 1.29 is 9.53 Å². The molecule has 1 saturated heterocycles. The predicted octanol–water partition coefficient (Wildman–Crippen LogP) is 1.75. The van der Waals surface area contributed by atoms with Crippen molar-refractivity contribution in [1.29, 1.82) is 0 Å². The lowest BCUT2D eigenvalue weighted by molar-refractivity contribution is -0.136. The van der Waals surface area contributed by atoms with Crippen LogP contribution in [0.2, 0.25) is 0 Å². The number of aryl methyl sites for hydroxylation is 1. The zero-order valence-corrected chi connectivity index (χ0v) is 12.6. The average molecular weight is 276 g/mol. The Labute approximate surface area is 121 Å². The van der Waals surface area contributed by atoms with E-state index in [9.17, 15) is 4.79 Å². The summed E-state index contributed by atoms with van der Waals surface area (Å²) in [7, 11) is 0. The van der Waals surface area contributed by atoms with Crippen molar-refractivity contribution in [3.05, 3.63) is 29.3 Å². The van der Waals surface area contributed by atoms with Gasteiger partial charge in [0.15, 0.2) is 0 Å². The zero-order valence-electron chi connectivity index (χ0n) is 12.6. The van der Waals surface area contributed by atoms with E-state index in [0.717, 1.165) is 37.5 Å². The van der Waals surface area contributed by atoms with E-state index in [1.807, 2.05) is 30.9 Å². The van der Waals surface area contributed by atoms with Crippen LogP contribution in [0.3, 0.4) is 0 Å². The summed E-state index contributed by atoms with van der Waals surface area (Å²) in [6.45, 7) is 9.86. The molecule has 0 aromatic heterocycles. The first-order valence-corrected chi connectivity index (χ1v) is 7.28. The van der Waals surface area contributed by atoms with Crippen molar-refractivity contribution >= 4 is 5.91 Å². The highest BCUT2D eigenvalue weighted by Crippen LogP contribution is 2.21. The van der Waals surface area contributed by atoms with Crippen LogP contribution < -0.4 is 10.1 Å². The number of carbonyl (C=O) groups is 1. The lowest BCUT2D eigenvalue weighted by Gasteiger charge is -2.29. The van der Waals surface area contributed by atoms with E-state index in [2.05, 4.69) is 18.3 Å². The van der Waals surface area contributed by atoms with Crippen LogP contribution in [0.1, 0.15) is 18.1 Å². The van der Waals surface area contributed by atoms with Gasteiger partial charge in [0, 0.05) is 26.2 Å². The molecule has 0 saturated carbocycles. The molecular weight excluding hydrogens is 252 g/mol. The summed E-state index contributed by atoms with van der Waals surface area (Å²) in [6, 6.07) is 6.02. The number of rotatable bonds is 4. The Balaban J connectivity index is 1.89. The quantitative estimate of drug-likeness (QED) is 0.911. The Kier molecular flexibility index (Phi) is 5.01. The number of carbonyl (C=O) groups excluding carboxylic acids is 1. The minimum atomic E-state index is -0.104. The number of amides is 1. The Morgan fingerprint density at radius 1 is 1.35 bits per heavy atom. The highest BCUT2D eigenvalue weighted by molar-refractivity contribution is 5.78. The van der Waals surface area contributed by atoms with E-state index >= 15 is 0 Å². The van der Waals surface area contributed by atoms with Gasteiger partial charge in [-0.25, -0.2) is 0 Å². The van der Waals surface area contributed by atoms with Gasteiger partial charge in [0.2, 0.25) is 5.91 Å². The van der Waals surface area contributed by atoms with Crippen LogP contribution in [0.5, 0.6) is 5.75 Å². The van der Waals surface area contributed by atoms with E-state index in [0.29, 0.717) is 6.61 Å². The second-order valence-corrected chi connectivity index (χ2v) is 5.49. The number of nitrogens with zero attached hydrogens (tertiary/aromatic N) is 1. The molecule has 4 heteroatoms. The summed E-state index contributed by atoms with van der Waals surface area (Å²) in [5, 5.41) is 3.25. The highest BCUT2D eigenvalue weighted by atomic mass is 16.5. The third-order valence-electron chi connectivity index (χ3n) is 3.89. The molecule has 1 aliphatic heterocycles. The second kappa shape index (κ2) is 6.75. The molecule has 1 aromatic rings. The van der Waals surface area contributed by atoms with Gasteiger partial charge in [0.25, 0.3) is 0 Å². The topological polar surface area (TPSA) is 41.6 Å². The average Bonchev–Trinajstić information content (AvgIpc) is 2.48. The normalized spacial score (nSPS) is 16.9. The summed E-state index contributed by atoms with van der Waals surface area (Å²) >= 11 is 0. The van der Waals surface area contributed by atoms with Gasteiger partial charge in [0.1, 0.15) is 5.75 Å². The van der Waals surface area contributed by atoms with Crippen molar-refractivity contribution in [2.45, 2.75) is 20.8 Å². The van der Waals surface area contributed by atoms with Gasteiger partial charge in [0.05, 0.1) is 12.5 Å². The van der Waals surface area contributed by atoms with Gasteiger partial charge in [-0.2, -0.15) is 0 Å². The zero-order chi connectivity index (χ0) is 14.5. The fourth-order valence-electron chi connectivity index (χ4n) is 2.36. The molecule has 2 rings (SSSR count). The van der Waals surface area contributed by atoms with Crippen LogP contribution in [-0.2, 0) is 4.79 Å². The molecule has 1 N–H and O–H groups in total. The lowest BCUT2D eigenvalue weighted by Crippen LogP contribution is -2.48. The molecule has 1 fully saturated rings. The molecule has 0 bridgehead atoms. The molecule has 0 radical (unpaired) electrons. The molecule has 20 heavy (non-hydrogen) atoms. The highest BCUT2D eigenvalue weighted by Gasteiger charge is 2.22. The minimum Gasteiger partial charge on any atom is -0.492 e. The second-order valence-electron chi connectivity index (χ2n) is 5.49. The molecule has 1 unspecified atom stereocenters. The number of nitrogens with one attached hydrogen (secondary N) is 1. The molecule has 1 aromatic carbocycles. The van der Waals surface area contributed by atoms with E-state index in [4.69, 9.17) is 4.74 Å². The minimum absolute atomic E-state index is 0.104. The Hall–Kier alpha value is -1.55. The third kappa shape index (κ3) is 3.51. The van der Waals surface area contributed by atoms with Gasteiger partial charge in [-0.05, 0) is 31.0 Å². The monoisotopic (exact) mass is 276 g/mol. The first-order chi connectivity index (χ1) is 9.59. The van der Waals surface area contributed by atoms with E-state index in [1.165, 1.54) is 5.56 Å². The number of piperazine rings is 1. The first kappa shape index (κ1) is 14.9. The number of benzene rings is 1. The van der Waals surface area contributed by atoms with Crippen molar-refractivity contribution in [3.8, 4) is 5.75 Å². The maximum absolute atomic E-state index is 12.3. The number of hydrogen-bond acceptors (Lipinski definition) is 3. The summed E-state index contributed by atoms with van der Waals surface area (Å²) in [5.41, 5.74) is 2.36. The number of ether oxygens (including phenoxy) is 1. The van der Waals surface area contributed by atoms with Crippen LogP contribution in [-0.4, -0.2) is 43.6 Å². The van der Waals surface area contributed by atoms with Crippen LogP contribution in [0, 0.1) is 19.8 Å². The maximum atomic E-state index is 12.3. The van der Waals surface area contributed by atoms with Gasteiger partial charge in [-0.15, -0.1) is 0 Å². The molecule has 1 amide bonds. The standard InChI is InChI=1S/C16H24N2O2/c1-12-5-4-6-15(14(12)3)20-11-13(2)16(19)18-9-7-17-8-10-18/h4-6,13,17H,7-11H2,1-3H3. The SMILES string of the molecule is Cc1cccc(OCC(C)C(=O)N2CCNCC2)c1C. The van der Waals surface area contributed by atoms with E-state index < -0.39 is 0 Å². The molecule has 4 nitrogen and oxygen atoms in total. The van der Waals surface area contributed by atoms with Crippen molar-refractivity contribution in [2.24, 2.45) is 5.92 Å². The van der Waals surface area contributed by atoms with Crippen LogP contribution >= 0.6 is 0 Å². The van der Waals surface area contributed by atoms with Gasteiger partial charge >= 0.3 is 0 Å². The van der Waals surface area contributed by atoms with E-state index in [1.54, 1.807) is 0 Å². The molecule has 1 aliphatic rings. The summed E-state index contributed by atoms with van der Waals surface area (Å²) < 4.78 is 5.83. The molecular formula is C16H24N2O2. The number of hydrogen-bond donors (Lipinski definition) is 1. The molecule has 0 aliphatic carbocycles. The largest absolute Gasteiger partial charge is 0.492 e. The predicted molar refractivity (Wildman–Crippen MR) is 80.0 cm³/mol. The molecule has 110 valence electrons. The van der Waals surface area contributed by atoms with E-state index in [-0.39, 0.29) is 11.8 Å². The van der Waals surface area contributed by atoms with Crippen molar-refractivity contribution in [3.63, 3.8) is 0 Å². The van der Waals surface area contributed by atoms with Gasteiger partial charge < -0.3 is 15.0 Å². The fraction of sp³-hybridized carbons (Fsp3) is 0.562. The molecule has 1 atom stereocenters. The van der Waals surface area contributed by atoms with Gasteiger partial charge in [-0.3, -0.25) is 4.79 Å². The molecule has 0 spiro atoms. The Morgan fingerprint density at radius 2 is 2.05 bits per heavy atom.